The Morgan fingerprint density at radius 3 is 2.95 bits per heavy atom. The van der Waals surface area contributed by atoms with Crippen molar-refractivity contribution in [3.8, 4) is 11.1 Å². The van der Waals surface area contributed by atoms with E-state index >= 15 is 0 Å². The highest BCUT2D eigenvalue weighted by Gasteiger charge is 2.22. The minimum absolute atomic E-state index is 0.0577. The minimum Gasteiger partial charge on any atom is -0.481 e. The van der Waals surface area contributed by atoms with E-state index in [1.54, 1.807) is 18.3 Å². The number of rotatable bonds is 5. The first-order valence-electron chi connectivity index (χ1n) is 6.62. The number of hydrogen-bond acceptors (Lipinski definition) is 3. The number of aldehydes is 1. The van der Waals surface area contributed by atoms with Gasteiger partial charge < -0.3 is 14.9 Å². The molecule has 3 aromatic rings. The summed E-state index contributed by atoms with van der Waals surface area (Å²) in [6.45, 7) is 0. The molecule has 0 aliphatic rings. The fourth-order valence-corrected chi connectivity index (χ4v) is 3.46. The third kappa shape index (κ3) is 2.53. The van der Waals surface area contributed by atoms with Gasteiger partial charge in [0.05, 0.1) is 5.92 Å². The summed E-state index contributed by atoms with van der Waals surface area (Å²) in [5, 5.41) is 11.8. The van der Waals surface area contributed by atoms with Crippen LogP contribution < -0.4 is 0 Å². The zero-order chi connectivity index (χ0) is 15.7. The van der Waals surface area contributed by atoms with Gasteiger partial charge in [-0.3, -0.25) is 4.79 Å². The van der Waals surface area contributed by atoms with E-state index in [0.29, 0.717) is 11.2 Å². The molecule has 0 bridgehead atoms. The molecule has 2 aromatic heterocycles. The van der Waals surface area contributed by atoms with E-state index in [1.165, 1.54) is 23.5 Å². The van der Waals surface area contributed by atoms with Gasteiger partial charge in [0.25, 0.3) is 0 Å². The summed E-state index contributed by atoms with van der Waals surface area (Å²) in [6, 6.07) is 6.24. The molecule has 3 rings (SSSR count). The molecule has 6 heteroatoms. The topological polar surface area (TPSA) is 70.2 Å². The maximum absolute atomic E-state index is 13.4. The molecule has 0 amide bonds. The van der Waals surface area contributed by atoms with Crippen LogP contribution in [0.1, 0.15) is 17.2 Å². The zero-order valence-corrected chi connectivity index (χ0v) is 12.2. The van der Waals surface area contributed by atoms with Crippen LogP contribution in [0.25, 0.3) is 22.0 Å². The molecular weight excluding hydrogens is 305 g/mol. The summed E-state index contributed by atoms with van der Waals surface area (Å²) in [5.41, 5.74) is 2.44. The van der Waals surface area contributed by atoms with E-state index in [2.05, 4.69) is 4.98 Å². The van der Waals surface area contributed by atoms with Crippen molar-refractivity contribution in [3.63, 3.8) is 0 Å². The number of aromatic nitrogens is 1. The molecule has 0 saturated heterocycles. The molecule has 0 aliphatic heterocycles. The van der Waals surface area contributed by atoms with Crippen LogP contribution in [-0.2, 0) is 9.59 Å². The molecule has 0 saturated carbocycles. The fraction of sp³-hybridized carbons (Fsp3) is 0.125. The average Bonchev–Trinajstić information content (AvgIpc) is 3.10. The Morgan fingerprint density at radius 2 is 2.23 bits per heavy atom. The van der Waals surface area contributed by atoms with E-state index < -0.39 is 11.9 Å². The van der Waals surface area contributed by atoms with Crippen molar-refractivity contribution in [2.24, 2.45) is 0 Å². The summed E-state index contributed by atoms with van der Waals surface area (Å²) >= 11 is 1.29. The van der Waals surface area contributed by atoms with Gasteiger partial charge in [-0.25, -0.2) is 4.39 Å². The Bertz CT molecular complexity index is 852. The summed E-state index contributed by atoms with van der Waals surface area (Å²) in [6.07, 6.45) is 2.32. The number of aromatic amines is 1. The molecule has 0 radical (unpaired) electrons. The Labute approximate surface area is 129 Å². The first-order valence-corrected chi connectivity index (χ1v) is 7.50. The predicted octanol–water partition coefficient (Wildman–Crippen LogP) is 3.79. The van der Waals surface area contributed by atoms with Gasteiger partial charge in [0.1, 0.15) is 12.1 Å². The third-order valence-electron chi connectivity index (χ3n) is 3.55. The zero-order valence-electron chi connectivity index (χ0n) is 11.4. The maximum atomic E-state index is 13.4. The van der Waals surface area contributed by atoms with Gasteiger partial charge in [0.2, 0.25) is 0 Å². The Balaban J connectivity index is 2.03. The second-order valence-electron chi connectivity index (χ2n) is 4.92. The molecule has 112 valence electrons. The number of H-pyrrole nitrogens is 1. The first-order chi connectivity index (χ1) is 10.6. The highest BCUT2D eigenvalue weighted by molar-refractivity contribution is 7.10. The van der Waals surface area contributed by atoms with Gasteiger partial charge in [-0.15, -0.1) is 11.3 Å². The second kappa shape index (κ2) is 5.73. The fourth-order valence-electron chi connectivity index (χ4n) is 2.44. The smallest absolute Gasteiger partial charge is 0.312 e. The Hall–Kier alpha value is -2.47. The van der Waals surface area contributed by atoms with Crippen LogP contribution in [0.15, 0.2) is 35.8 Å². The number of carbonyl (C=O) groups is 2. The maximum Gasteiger partial charge on any atom is 0.312 e. The minimum atomic E-state index is -1.02. The van der Waals surface area contributed by atoms with Crippen LogP contribution in [0.2, 0.25) is 0 Å². The standard InChI is InChI=1S/C16H12FNO3S/c17-10-1-2-14-12(6-10)13(7-18-14)9-5-15(22-8-9)11(3-4-19)16(20)21/h1-2,4-8,11,18H,3H2,(H,20,21). The van der Waals surface area contributed by atoms with Crippen molar-refractivity contribution >= 4 is 34.5 Å². The lowest BCUT2D eigenvalue weighted by Crippen LogP contribution is -2.10. The molecule has 1 atom stereocenters. The molecule has 4 nitrogen and oxygen atoms in total. The Morgan fingerprint density at radius 1 is 1.41 bits per heavy atom. The summed E-state index contributed by atoms with van der Waals surface area (Å²) < 4.78 is 13.4. The molecule has 0 fully saturated rings. The molecule has 1 unspecified atom stereocenters. The van der Waals surface area contributed by atoms with Crippen LogP contribution in [0.3, 0.4) is 0 Å². The molecule has 0 aliphatic carbocycles. The predicted molar refractivity (Wildman–Crippen MR) is 82.6 cm³/mol. The van der Waals surface area contributed by atoms with E-state index in [1.807, 2.05) is 5.38 Å². The number of aliphatic carboxylic acids is 1. The van der Waals surface area contributed by atoms with Gasteiger partial charge in [-0.05, 0) is 35.2 Å². The number of fused-ring (bicyclic) bond motifs is 1. The van der Waals surface area contributed by atoms with E-state index in [9.17, 15) is 19.1 Å². The molecule has 1 aromatic carbocycles. The molecule has 0 spiro atoms. The number of halogens is 1. The first kappa shape index (κ1) is 14.5. The third-order valence-corrected chi connectivity index (χ3v) is 4.59. The second-order valence-corrected chi connectivity index (χ2v) is 5.87. The number of carboxylic acid groups (broad SMARTS) is 1. The monoisotopic (exact) mass is 317 g/mol. The van der Waals surface area contributed by atoms with Crippen molar-refractivity contribution in [2.45, 2.75) is 12.3 Å². The normalized spacial score (nSPS) is 12.4. The van der Waals surface area contributed by atoms with E-state index in [-0.39, 0.29) is 12.2 Å². The average molecular weight is 317 g/mol. The van der Waals surface area contributed by atoms with E-state index in [4.69, 9.17) is 0 Å². The van der Waals surface area contributed by atoms with Crippen LogP contribution in [-0.4, -0.2) is 22.3 Å². The van der Waals surface area contributed by atoms with Crippen molar-refractivity contribution in [2.75, 3.05) is 0 Å². The van der Waals surface area contributed by atoms with Crippen molar-refractivity contribution in [1.29, 1.82) is 0 Å². The van der Waals surface area contributed by atoms with Gasteiger partial charge in [0.15, 0.2) is 0 Å². The molecular formula is C16H12FNO3S. The lowest BCUT2D eigenvalue weighted by molar-refractivity contribution is -0.139. The van der Waals surface area contributed by atoms with Gasteiger partial charge in [-0.2, -0.15) is 0 Å². The van der Waals surface area contributed by atoms with Gasteiger partial charge >= 0.3 is 5.97 Å². The molecule has 2 heterocycles. The van der Waals surface area contributed by atoms with E-state index in [0.717, 1.165) is 22.0 Å². The number of nitrogens with one attached hydrogen (secondary N) is 1. The summed E-state index contributed by atoms with van der Waals surface area (Å²) in [4.78, 5) is 25.5. The highest BCUT2D eigenvalue weighted by Crippen LogP contribution is 2.35. The SMILES string of the molecule is O=CCC(C(=O)O)c1cc(-c2c[nH]c3ccc(F)cc23)cs1. The molecule has 2 N–H and O–H groups in total. The highest BCUT2D eigenvalue weighted by atomic mass is 32.1. The lowest BCUT2D eigenvalue weighted by Gasteiger charge is -2.05. The summed E-state index contributed by atoms with van der Waals surface area (Å²) in [5.74, 6) is -2.18. The molecule has 22 heavy (non-hydrogen) atoms. The quantitative estimate of drug-likeness (QED) is 0.703. The Kier molecular flexibility index (Phi) is 3.77. The lowest BCUT2D eigenvalue weighted by atomic mass is 10.0. The van der Waals surface area contributed by atoms with Crippen LogP contribution >= 0.6 is 11.3 Å². The summed E-state index contributed by atoms with van der Waals surface area (Å²) in [7, 11) is 0. The number of carboxylic acids is 1. The van der Waals surface area contributed by atoms with Crippen molar-refractivity contribution < 1.29 is 19.1 Å². The van der Waals surface area contributed by atoms with Crippen molar-refractivity contribution in [1.82, 2.24) is 4.98 Å². The van der Waals surface area contributed by atoms with Crippen LogP contribution in [0.5, 0.6) is 0 Å². The number of hydrogen-bond donors (Lipinski definition) is 2. The number of carbonyl (C=O) groups excluding carboxylic acids is 1. The van der Waals surface area contributed by atoms with Crippen LogP contribution in [0, 0.1) is 5.82 Å². The largest absolute Gasteiger partial charge is 0.481 e. The van der Waals surface area contributed by atoms with Crippen molar-refractivity contribution in [3.05, 3.63) is 46.5 Å². The van der Waals surface area contributed by atoms with Crippen LogP contribution in [0.4, 0.5) is 4.39 Å². The van der Waals surface area contributed by atoms with Gasteiger partial charge in [-0.1, -0.05) is 0 Å². The van der Waals surface area contributed by atoms with Gasteiger partial charge in [0, 0.05) is 34.0 Å². The number of benzene rings is 1. The number of thiophene rings is 1.